The lowest BCUT2D eigenvalue weighted by atomic mass is 10.2. The van der Waals surface area contributed by atoms with Gasteiger partial charge in [0.25, 0.3) is 5.91 Å². The average molecular weight is 387 g/mol. The third-order valence-electron chi connectivity index (χ3n) is 3.72. The van der Waals surface area contributed by atoms with E-state index in [2.05, 4.69) is 25.7 Å². The first-order chi connectivity index (χ1) is 13.3. The minimum atomic E-state index is -1.05. The van der Waals surface area contributed by atoms with Crippen LogP contribution in [-0.4, -0.2) is 46.7 Å². The maximum Gasteiger partial charge on any atom is 0.325 e. The van der Waals surface area contributed by atoms with Crippen molar-refractivity contribution in [1.29, 1.82) is 0 Å². The maximum absolute atomic E-state index is 13.5. The van der Waals surface area contributed by atoms with Crippen LogP contribution in [0.4, 0.5) is 4.39 Å². The van der Waals surface area contributed by atoms with Crippen LogP contribution in [-0.2, 0) is 17.9 Å². The number of benzene rings is 1. The fraction of sp³-hybridized carbons (Fsp3) is 0.294. The molecule has 1 aromatic carbocycles. The zero-order valence-corrected chi connectivity index (χ0v) is 15.2. The van der Waals surface area contributed by atoms with E-state index in [-0.39, 0.29) is 24.8 Å². The van der Waals surface area contributed by atoms with Crippen molar-refractivity contribution in [1.82, 2.24) is 35.1 Å². The Balaban J connectivity index is 1.76. The number of carbonyl (C=O) groups is 2. The van der Waals surface area contributed by atoms with Gasteiger partial charge in [-0.2, -0.15) is 0 Å². The van der Waals surface area contributed by atoms with Crippen molar-refractivity contribution in [2.75, 3.05) is 0 Å². The van der Waals surface area contributed by atoms with Crippen LogP contribution in [0.1, 0.15) is 41.9 Å². The smallest absolute Gasteiger partial charge is 0.325 e. The molecule has 0 unspecified atom stereocenters. The molecule has 0 aliphatic heterocycles. The second-order valence-corrected chi connectivity index (χ2v) is 6.32. The lowest BCUT2D eigenvalue weighted by molar-refractivity contribution is -0.137. The second kappa shape index (κ2) is 7.94. The standard InChI is InChI=1S/C17H18FN7O3/c1-10(2)16-20-15(22-25(16)13-5-3-4-11(18)6-13)17(28)19-7-12-8-24(23-21-12)9-14(26)27/h3-6,8,10H,7,9H2,1-2H3,(H,19,28)(H,26,27). The summed E-state index contributed by atoms with van der Waals surface area (Å²) in [5.74, 6) is -1.60. The predicted molar refractivity (Wildman–Crippen MR) is 94.2 cm³/mol. The van der Waals surface area contributed by atoms with Crippen molar-refractivity contribution < 1.29 is 19.1 Å². The maximum atomic E-state index is 13.5. The summed E-state index contributed by atoms with van der Waals surface area (Å²) in [7, 11) is 0. The lowest BCUT2D eigenvalue weighted by Gasteiger charge is -2.07. The van der Waals surface area contributed by atoms with E-state index < -0.39 is 17.7 Å². The molecule has 3 aromatic rings. The van der Waals surface area contributed by atoms with Crippen molar-refractivity contribution in [3.8, 4) is 5.69 Å². The molecule has 3 rings (SSSR count). The Morgan fingerprint density at radius 1 is 1.32 bits per heavy atom. The Morgan fingerprint density at radius 3 is 2.79 bits per heavy atom. The molecule has 11 heteroatoms. The monoisotopic (exact) mass is 387 g/mol. The number of carboxylic acid groups (broad SMARTS) is 1. The normalized spacial score (nSPS) is 11.0. The van der Waals surface area contributed by atoms with E-state index in [1.807, 2.05) is 13.8 Å². The van der Waals surface area contributed by atoms with Crippen LogP contribution in [0.2, 0.25) is 0 Å². The summed E-state index contributed by atoms with van der Waals surface area (Å²) < 4.78 is 16.1. The number of aliphatic carboxylic acids is 1. The van der Waals surface area contributed by atoms with Gasteiger partial charge in [0.2, 0.25) is 5.82 Å². The summed E-state index contributed by atoms with van der Waals surface area (Å²) in [6.45, 7) is 3.49. The summed E-state index contributed by atoms with van der Waals surface area (Å²) in [4.78, 5) is 27.3. The van der Waals surface area contributed by atoms with E-state index in [0.717, 1.165) is 4.68 Å². The van der Waals surface area contributed by atoms with Crippen LogP contribution in [0, 0.1) is 5.82 Å². The average Bonchev–Trinajstić information content (AvgIpc) is 3.26. The first-order valence-corrected chi connectivity index (χ1v) is 8.45. The third kappa shape index (κ3) is 4.37. The zero-order chi connectivity index (χ0) is 20.3. The molecule has 2 aromatic heterocycles. The first kappa shape index (κ1) is 19.1. The molecule has 2 N–H and O–H groups in total. The molecule has 0 aliphatic rings. The lowest BCUT2D eigenvalue weighted by Crippen LogP contribution is -2.24. The number of hydrogen-bond acceptors (Lipinski definition) is 6. The highest BCUT2D eigenvalue weighted by Crippen LogP contribution is 2.18. The van der Waals surface area contributed by atoms with Gasteiger partial charge >= 0.3 is 5.97 Å². The summed E-state index contributed by atoms with van der Waals surface area (Å²) in [5, 5.41) is 23.0. The molecule has 0 radical (unpaired) electrons. The van der Waals surface area contributed by atoms with Crippen LogP contribution in [0.25, 0.3) is 5.69 Å². The molecule has 0 saturated heterocycles. The van der Waals surface area contributed by atoms with Gasteiger partial charge in [-0.1, -0.05) is 25.1 Å². The number of halogens is 1. The molecule has 2 heterocycles. The minimum Gasteiger partial charge on any atom is -0.480 e. The van der Waals surface area contributed by atoms with E-state index in [1.54, 1.807) is 12.1 Å². The number of aromatic nitrogens is 6. The molecule has 0 aliphatic carbocycles. The van der Waals surface area contributed by atoms with Crippen LogP contribution >= 0.6 is 0 Å². The fourth-order valence-corrected chi connectivity index (χ4v) is 2.48. The number of hydrogen-bond donors (Lipinski definition) is 2. The molecular formula is C17H18FN7O3. The minimum absolute atomic E-state index is 0.0317. The van der Waals surface area contributed by atoms with E-state index in [9.17, 15) is 14.0 Å². The topological polar surface area (TPSA) is 128 Å². The Bertz CT molecular complexity index is 1010. The van der Waals surface area contributed by atoms with Crippen molar-refractivity contribution in [3.63, 3.8) is 0 Å². The van der Waals surface area contributed by atoms with Crippen molar-refractivity contribution in [2.24, 2.45) is 0 Å². The van der Waals surface area contributed by atoms with Gasteiger partial charge in [0.15, 0.2) is 0 Å². The fourth-order valence-electron chi connectivity index (χ4n) is 2.48. The zero-order valence-electron chi connectivity index (χ0n) is 15.2. The largest absolute Gasteiger partial charge is 0.480 e. The summed E-state index contributed by atoms with van der Waals surface area (Å²) in [6.07, 6.45) is 1.42. The molecule has 0 spiro atoms. The molecule has 28 heavy (non-hydrogen) atoms. The number of carboxylic acids is 1. The summed E-state index contributed by atoms with van der Waals surface area (Å²) in [5.41, 5.74) is 0.857. The number of nitrogens with one attached hydrogen (secondary N) is 1. The number of nitrogens with zero attached hydrogens (tertiary/aromatic N) is 6. The highest BCUT2D eigenvalue weighted by molar-refractivity contribution is 5.90. The molecule has 0 saturated carbocycles. The molecule has 0 bridgehead atoms. The van der Waals surface area contributed by atoms with Gasteiger partial charge in [-0.25, -0.2) is 18.7 Å². The Hall–Kier alpha value is -3.63. The van der Waals surface area contributed by atoms with Crippen LogP contribution in [0.15, 0.2) is 30.5 Å². The molecule has 1 amide bonds. The summed E-state index contributed by atoms with van der Waals surface area (Å²) in [6, 6.07) is 5.85. The number of amides is 1. The van der Waals surface area contributed by atoms with Gasteiger partial charge in [0, 0.05) is 5.92 Å². The van der Waals surface area contributed by atoms with Gasteiger partial charge in [0.05, 0.1) is 18.4 Å². The molecule has 10 nitrogen and oxygen atoms in total. The highest BCUT2D eigenvalue weighted by Gasteiger charge is 2.20. The molecule has 0 atom stereocenters. The van der Waals surface area contributed by atoms with E-state index in [1.165, 1.54) is 23.0 Å². The van der Waals surface area contributed by atoms with Gasteiger partial charge < -0.3 is 10.4 Å². The molecule has 146 valence electrons. The van der Waals surface area contributed by atoms with Gasteiger partial charge in [-0.05, 0) is 18.2 Å². The predicted octanol–water partition coefficient (Wildman–Crippen LogP) is 1.14. The van der Waals surface area contributed by atoms with E-state index >= 15 is 0 Å². The SMILES string of the molecule is CC(C)c1nc(C(=O)NCc2cn(CC(=O)O)nn2)nn1-c1cccc(F)c1. The van der Waals surface area contributed by atoms with Gasteiger partial charge in [0.1, 0.15) is 23.9 Å². The van der Waals surface area contributed by atoms with Crippen molar-refractivity contribution in [3.05, 3.63) is 53.6 Å². The third-order valence-corrected chi connectivity index (χ3v) is 3.72. The Kier molecular flexibility index (Phi) is 5.43. The number of carbonyl (C=O) groups excluding carboxylic acids is 1. The van der Waals surface area contributed by atoms with Crippen LogP contribution in [0.5, 0.6) is 0 Å². The highest BCUT2D eigenvalue weighted by atomic mass is 19.1. The Labute approximate surface area is 159 Å². The summed E-state index contributed by atoms with van der Waals surface area (Å²) >= 11 is 0. The van der Waals surface area contributed by atoms with E-state index in [4.69, 9.17) is 5.11 Å². The first-order valence-electron chi connectivity index (χ1n) is 8.45. The van der Waals surface area contributed by atoms with Crippen molar-refractivity contribution >= 4 is 11.9 Å². The van der Waals surface area contributed by atoms with Crippen LogP contribution in [0.3, 0.4) is 0 Å². The van der Waals surface area contributed by atoms with Gasteiger partial charge in [-0.3, -0.25) is 9.59 Å². The molecule has 0 fully saturated rings. The molecular weight excluding hydrogens is 369 g/mol. The van der Waals surface area contributed by atoms with Crippen molar-refractivity contribution in [2.45, 2.75) is 32.9 Å². The van der Waals surface area contributed by atoms with E-state index in [0.29, 0.717) is 17.2 Å². The van der Waals surface area contributed by atoms with Crippen LogP contribution < -0.4 is 5.32 Å². The van der Waals surface area contributed by atoms with Gasteiger partial charge in [-0.15, -0.1) is 10.2 Å². The second-order valence-electron chi connectivity index (χ2n) is 6.32. The quantitative estimate of drug-likeness (QED) is 0.622. The Morgan fingerprint density at radius 2 is 2.11 bits per heavy atom. The number of rotatable bonds is 7.